The number of halogens is 3. The zero-order chi connectivity index (χ0) is 50.6. The van der Waals surface area contributed by atoms with Crippen LogP contribution in [0.25, 0.3) is 0 Å². The van der Waals surface area contributed by atoms with Crippen molar-refractivity contribution in [3.8, 4) is 0 Å². The summed E-state index contributed by atoms with van der Waals surface area (Å²) in [5, 5.41) is 7.28. The van der Waals surface area contributed by atoms with Gasteiger partial charge in [0.15, 0.2) is 17.4 Å². The van der Waals surface area contributed by atoms with Gasteiger partial charge in [0.25, 0.3) is 0 Å². The normalized spacial score (nSPS) is 17.4. The molecule has 3 heterocycles. The fourth-order valence-electron chi connectivity index (χ4n) is 8.67. The van der Waals surface area contributed by atoms with Crippen molar-refractivity contribution in [3.63, 3.8) is 0 Å². The van der Waals surface area contributed by atoms with E-state index in [0.29, 0.717) is 36.3 Å². The molecule has 6 aromatic rings. The molecule has 0 saturated carbocycles. The predicted octanol–water partition coefficient (Wildman–Crippen LogP) is 12.1. The number of rotatable bonds is 15. The van der Waals surface area contributed by atoms with Gasteiger partial charge in [0.2, 0.25) is 0 Å². The predicted molar refractivity (Wildman–Crippen MR) is 321 cm³/mol. The van der Waals surface area contributed by atoms with Crippen LogP contribution in [0.3, 0.4) is 0 Å². The smallest absolute Gasteiger partial charge is 1.00 e. The third-order valence-electron chi connectivity index (χ3n) is 13.2. The maximum absolute atomic E-state index is 6.85. The van der Waals surface area contributed by atoms with E-state index in [4.69, 9.17) is 39.2 Å². The molecule has 6 aromatic carbocycles. The van der Waals surface area contributed by atoms with Crippen LogP contribution in [0.2, 0.25) is 0 Å². The van der Waals surface area contributed by atoms with Crippen molar-refractivity contribution in [1.82, 2.24) is 29.3 Å². The first-order valence-corrected chi connectivity index (χ1v) is 29.5. The second-order valence-corrected chi connectivity index (χ2v) is 22.6. The first-order valence-electron chi connectivity index (χ1n) is 25.4. The van der Waals surface area contributed by atoms with Gasteiger partial charge in [-0.2, -0.15) is 0 Å². The Balaban J connectivity index is 0.000000346. The van der Waals surface area contributed by atoms with E-state index in [1.807, 2.05) is 0 Å². The van der Waals surface area contributed by atoms with E-state index in [-0.39, 0.29) is 43.0 Å². The van der Waals surface area contributed by atoms with Crippen LogP contribution < -0.4 is 29.5 Å². The van der Waals surface area contributed by atoms with Gasteiger partial charge in [0, 0.05) is 97.6 Å². The summed E-state index contributed by atoms with van der Waals surface area (Å²) in [7, 11) is -0.00979. The van der Waals surface area contributed by atoms with E-state index >= 15 is 0 Å². The van der Waals surface area contributed by atoms with Crippen molar-refractivity contribution < 1.29 is 25.0 Å². The van der Waals surface area contributed by atoms with Crippen molar-refractivity contribution in [2.24, 2.45) is 0 Å². The molecule has 0 unspecified atom stereocenters. The molecule has 0 aromatic heterocycles. The van der Waals surface area contributed by atoms with Crippen molar-refractivity contribution >= 4 is 68.3 Å². The first kappa shape index (κ1) is 65.2. The topological polar surface area (TPSA) is 46.3 Å². The van der Waals surface area contributed by atoms with E-state index in [0.717, 1.165) is 61.4 Å². The fraction of sp³-hybridized carbons (Fsp3) is 0.390. The standard InChI is InChI=1S/C18H22ClN2P.C18H23N2P.C18H24N2.C4H8O.CH2Cl2.Al.Li.4H/c1-15(17-9-5-3-6-10-17)20-13-14-21(22(20)19)16(2)18-11-7-4-8-12-18;1-15(17-9-5-3-6-10-17)19-13-14-20(21-19)16(2)18-11-7-4-8-12-18;1-15(17-9-5-3-6-10-17)19-13-14-20-16(2)18-11-7-4-8-12-18;1-2-4-5-3-1;2-1-3;;;;;;/h3-12,15-16H,13-14H2,1-2H3;3-12,15-16,21H,13-14H2,1-2H3;3-12,15-16,19-20H,13-14H2,1-2H3;1-4H2;1H2;;;;;;/q;;;;;;+1;;;;-1/t3*15-,16-;;;;;;;;/m000......../s1. The summed E-state index contributed by atoms with van der Waals surface area (Å²) in [5.41, 5.74) is 8.18. The molecule has 3 saturated heterocycles. The van der Waals surface area contributed by atoms with Crippen molar-refractivity contribution in [1.29, 1.82) is 0 Å². The van der Waals surface area contributed by atoms with Crippen molar-refractivity contribution in [2.45, 2.75) is 90.6 Å². The molecule has 2 N–H and O–H groups in total. The molecule has 7 nitrogen and oxygen atoms in total. The molecular weight excluding hydrogens is 1010 g/mol. The Morgan fingerprint density at radius 2 is 0.726 bits per heavy atom. The number of hydrogen-bond acceptors (Lipinski definition) is 7. The zero-order valence-electron chi connectivity index (χ0n) is 44.8. The zero-order valence-corrected chi connectivity index (χ0v) is 48.0. The van der Waals surface area contributed by atoms with Gasteiger partial charge in [0.1, 0.15) is 7.58 Å². The SMILES string of the molecule is C1CCOC1.C[C@@H](c1ccccc1)N1CCN([C@@H](C)c2ccccc2)P1.C[C@@H](c1ccccc1)N1CCN([C@@H](C)c2ccccc2)P1Cl.C[C@H](NCCN[C@@H](C)c1ccccc1)c1ccccc1.ClCCl.[AlH3].[H-].[Li+]. The van der Waals surface area contributed by atoms with Crippen LogP contribution >= 0.6 is 50.9 Å². The number of nitrogens with zero attached hydrogens (tertiary/aromatic N) is 4. The minimum atomic E-state index is -0.779. The van der Waals surface area contributed by atoms with Gasteiger partial charge < -0.3 is 16.8 Å². The van der Waals surface area contributed by atoms with Gasteiger partial charge in [0.05, 0.1) is 5.34 Å². The second kappa shape index (κ2) is 37.6. The fourth-order valence-corrected chi connectivity index (χ4v) is 12.9. The van der Waals surface area contributed by atoms with Gasteiger partial charge in [-0.25, -0.2) is 9.34 Å². The quantitative estimate of drug-likeness (QED) is 0.0460. The molecule has 0 spiro atoms. The van der Waals surface area contributed by atoms with Crippen LogP contribution in [-0.2, 0) is 4.74 Å². The van der Waals surface area contributed by atoms with E-state index in [9.17, 15) is 0 Å². The third-order valence-corrected chi connectivity index (χ3v) is 18.1. The van der Waals surface area contributed by atoms with Gasteiger partial charge in [-0.3, -0.25) is 9.34 Å². The molecule has 0 radical (unpaired) electrons. The van der Waals surface area contributed by atoms with E-state index < -0.39 is 7.58 Å². The molecule has 9 rings (SSSR count). The molecule has 14 heteroatoms. The van der Waals surface area contributed by atoms with Crippen molar-refractivity contribution in [3.05, 3.63) is 215 Å². The molecule has 73 heavy (non-hydrogen) atoms. The van der Waals surface area contributed by atoms with Crippen molar-refractivity contribution in [2.75, 3.05) is 57.8 Å². The third kappa shape index (κ3) is 22.4. The Hall–Kier alpha value is -2.10. The summed E-state index contributed by atoms with van der Waals surface area (Å²) in [5.74, 6) is 0. The summed E-state index contributed by atoms with van der Waals surface area (Å²) in [4.78, 5) is 0. The Morgan fingerprint density at radius 3 is 0.986 bits per heavy atom. The number of benzene rings is 6. The molecule has 0 bridgehead atoms. The van der Waals surface area contributed by atoms with E-state index in [2.05, 4.69) is 253 Å². The summed E-state index contributed by atoms with van der Waals surface area (Å²) >= 11 is 16.4. The summed E-state index contributed by atoms with van der Waals surface area (Å²) in [6.45, 7) is 21.9. The van der Waals surface area contributed by atoms with Crippen LogP contribution in [0.4, 0.5) is 0 Å². The minimum Gasteiger partial charge on any atom is -1.00 e. The number of hydrogen-bond donors (Lipinski definition) is 2. The number of ether oxygens (including phenoxy) is 1. The second-order valence-electron chi connectivity index (χ2n) is 18.0. The summed E-state index contributed by atoms with van der Waals surface area (Å²) in [6, 6.07) is 66.5. The Kier molecular flexibility index (Phi) is 33.6. The Morgan fingerprint density at radius 1 is 0.466 bits per heavy atom. The van der Waals surface area contributed by atoms with E-state index in [1.165, 1.54) is 46.2 Å². The largest absolute Gasteiger partial charge is 1.00 e. The van der Waals surface area contributed by atoms with Gasteiger partial charge >= 0.3 is 18.9 Å². The Bertz CT molecular complexity index is 2110. The maximum Gasteiger partial charge on any atom is 1.00 e. The average Bonchev–Trinajstić information content (AvgIpc) is 4.26. The summed E-state index contributed by atoms with van der Waals surface area (Å²) in [6.07, 6.45) is 2.56. The molecule has 6 atom stereocenters. The average molecular weight is 1090 g/mol. The molecule has 390 valence electrons. The minimum absolute atomic E-state index is 0. The van der Waals surface area contributed by atoms with Crippen LogP contribution in [0.1, 0.15) is 125 Å². The molecule has 0 amide bonds. The van der Waals surface area contributed by atoms with Crippen LogP contribution in [-0.4, -0.2) is 93.9 Å². The summed E-state index contributed by atoms with van der Waals surface area (Å²) < 4.78 is 15.0. The monoisotopic (exact) mass is 1090 g/mol. The molecular formula is C59H83AlCl3LiN6OP2. The number of nitrogens with one attached hydrogen (secondary N) is 2. The van der Waals surface area contributed by atoms with Crippen LogP contribution in [0.15, 0.2) is 182 Å². The van der Waals surface area contributed by atoms with E-state index in [1.54, 1.807) is 0 Å². The molecule has 3 fully saturated rings. The maximum atomic E-state index is 6.85. The molecule has 3 aliphatic heterocycles. The van der Waals surface area contributed by atoms with Crippen LogP contribution in [0, 0.1) is 0 Å². The van der Waals surface area contributed by atoms with Crippen LogP contribution in [0.5, 0.6) is 0 Å². The first-order chi connectivity index (χ1) is 34.6. The molecule has 3 aliphatic rings. The number of alkyl halides is 2. The molecule has 0 aliphatic carbocycles. The van der Waals surface area contributed by atoms with Gasteiger partial charge in [-0.15, -0.1) is 23.2 Å². The van der Waals surface area contributed by atoms with Gasteiger partial charge in [-0.05, 0) is 87.8 Å². The Labute approximate surface area is 482 Å². The van der Waals surface area contributed by atoms with Gasteiger partial charge in [-0.1, -0.05) is 193 Å².